The Kier molecular flexibility index (Phi) is 5.37. The van der Waals surface area contributed by atoms with Gasteiger partial charge in [0.25, 0.3) is 5.91 Å². The summed E-state index contributed by atoms with van der Waals surface area (Å²) in [6.45, 7) is 3.93. The molecule has 2 aromatic carbocycles. The van der Waals surface area contributed by atoms with Crippen LogP contribution in [0.4, 0.5) is 27.4 Å². The normalized spacial score (nSPS) is 13.4. The van der Waals surface area contributed by atoms with Gasteiger partial charge in [0.1, 0.15) is 11.5 Å². The van der Waals surface area contributed by atoms with E-state index in [1.807, 2.05) is 24.3 Å². The molecule has 1 aromatic heterocycles. The number of nitrogens with zero attached hydrogens (tertiary/aromatic N) is 3. The summed E-state index contributed by atoms with van der Waals surface area (Å²) < 4.78 is 13.4. The highest BCUT2D eigenvalue weighted by molar-refractivity contribution is 6.03. The first-order valence-electron chi connectivity index (χ1n) is 9.61. The average Bonchev–Trinajstić information content (AvgIpc) is 3.23. The van der Waals surface area contributed by atoms with E-state index < -0.39 is 0 Å². The molecule has 0 aliphatic carbocycles. The lowest BCUT2D eigenvalue weighted by Crippen LogP contribution is -2.18. The van der Waals surface area contributed by atoms with Crippen molar-refractivity contribution >= 4 is 28.9 Å². The molecular formula is C22H22FN5O. The Morgan fingerprint density at radius 3 is 2.48 bits per heavy atom. The maximum absolute atomic E-state index is 13.4. The molecule has 0 unspecified atom stereocenters. The van der Waals surface area contributed by atoms with Crippen molar-refractivity contribution in [3.63, 3.8) is 0 Å². The first kappa shape index (κ1) is 18.9. The number of rotatable bonds is 5. The molecule has 0 atom stereocenters. The van der Waals surface area contributed by atoms with Crippen molar-refractivity contribution in [3.05, 3.63) is 71.8 Å². The minimum Gasteiger partial charge on any atom is -0.372 e. The van der Waals surface area contributed by atoms with E-state index >= 15 is 0 Å². The number of aromatic nitrogens is 2. The molecule has 6 nitrogen and oxygen atoms in total. The van der Waals surface area contributed by atoms with Crippen molar-refractivity contribution in [2.75, 3.05) is 28.6 Å². The fourth-order valence-electron chi connectivity index (χ4n) is 3.36. The fourth-order valence-corrected chi connectivity index (χ4v) is 3.36. The highest BCUT2D eigenvalue weighted by Gasteiger charge is 2.14. The first-order valence-corrected chi connectivity index (χ1v) is 9.61. The summed E-state index contributed by atoms with van der Waals surface area (Å²) in [4.78, 5) is 23.5. The van der Waals surface area contributed by atoms with Crippen LogP contribution in [0.2, 0.25) is 0 Å². The van der Waals surface area contributed by atoms with Gasteiger partial charge in [-0.1, -0.05) is 6.07 Å². The molecule has 1 amide bonds. The second-order valence-corrected chi connectivity index (χ2v) is 7.05. The van der Waals surface area contributed by atoms with Gasteiger partial charge in [-0.3, -0.25) is 4.79 Å². The summed E-state index contributed by atoms with van der Waals surface area (Å²) >= 11 is 0. The molecule has 0 bridgehead atoms. The SMILES string of the molecule is Cc1cc(C(=O)Nc2ccc(N3CCCC3)cc2)nc(Nc2cccc(F)c2)n1. The summed E-state index contributed by atoms with van der Waals surface area (Å²) in [5.41, 5.74) is 3.25. The Morgan fingerprint density at radius 2 is 1.76 bits per heavy atom. The van der Waals surface area contributed by atoms with Gasteiger partial charge in [0.2, 0.25) is 5.95 Å². The standard InChI is InChI=1S/C22H22FN5O/c1-15-13-20(27-22(24-15)26-18-6-4-5-16(23)14-18)21(29)25-17-7-9-19(10-8-17)28-11-2-3-12-28/h4-10,13-14H,2-3,11-12H2,1H3,(H,25,29)(H,24,26,27). The van der Waals surface area contributed by atoms with E-state index in [4.69, 9.17) is 0 Å². The van der Waals surface area contributed by atoms with Crippen LogP contribution in [0.5, 0.6) is 0 Å². The van der Waals surface area contributed by atoms with Crippen LogP contribution in [0, 0.1) is 12.7 Å². The molecule has 0 saturated carbocycles. The topological polar surface area (TPSA) is 70.2 Å². The molecule has 1 fully saturated rings. The van der Waals surface area contributed by atoms with E-state index in [2.05, 4.69) is 25.5 Å². The predicted molar refractivity (Wildman–Crippen MR) is 112 cm³/mol. The summed E-state index contributed by atoms with van der Waals surface area (Å²) in [7, 11) is 0. The molecule has 148 valence electrons. The number of anilines is 4. The third-order valence-electron chi connectivity index (χ3n) is 4.76. The second-order valence-electron chi connectivity index (χ2n) is 7.05. The average molecular weight is 391 g/mol. The van der Waals surface area contributed by atoms with E-state index in [-0.39, 0.29) is 23.4 Å². The third-order valence-corrected chi connectivity index (χ3v) is 4.76. The van der Waals surface area contributed by atoms with Crippen LogP contribution in [0.15, 0.2) is 54.6 Å². The Hall–Kier alpha value is -3.48. The summed E-state index contributed by atoms with van der Waals surface area (Å²) in [5, 5.41) is 5.80. The number of amides is 1. The number of carbonyl (C=O) groups excluding carboxylic acids is 1. The van der Waals surface area contributed by atoms with Gasteiger partial charge >= 0.3 is 0 Å². The number of carbonyl (C=O) groups is 1. The lowest BCUT2D eigenvalue weighted by molar-refractivity contribution is 0.102. The quantitative estimate of drug-likeness (QED) is 0.669. The zero-order chi connectivity index (χ0) is 20.2. The largest absolute Gasteiger partial charge is 0.372 e. The molecular weight excluding hydrogens is 369 g/mol. The van der Waals surface area contributed by atoms with Crippen LogP contribution >= 0.6 is 0 Å². The van der Waals surface area contributed by atoms with Crippen molar-refractivity contribution in [1.29, 1.82) is 0 Å². The van der Waals surface area contributed by atoms with Gasteiger partial charge in [0, 0.05) is 35.8 Å². The third kappa shape index (κ3) is 4.68. The maximum Gasteiger partial charge on any atom is 0.274 e. The van der Waals surface area contributed by atoms with Gasteiger partial charge in [-0.25, -0.2) is 14.4 Å². The molecule has 3 aromatic rings. The molecule has 7 heteroatoms. The van der Waals surface area contributed by atoms with Crippen molar-refractivity contribution in [1.82, 2.24) is 9.97 Å². The number of hydrogen-bond donors (Lipinski definition) is 2. The number of benzene rings is 2. The van der Waals surface area contributed by atoms with Crippen LogP contribution in [-0.2, 0) is 0 Å². The number of hydrogen-bond acceptors (Lipinski definition) is 5. The predicted octanol–water partition coefficient (Wildman–Crippen LogP) is 4.52. The zero-order valence-electron chi connectivity index (χ0n) is 16.2. The lowest BCUT2D eigenvalue weighted by Gasteiger charge is -2.17. The van der Waals surface area contributed by atoms with E-state index in [9.17, 15) is 9.18 Å². The van der Waals surface area contributed by atoms with E-state index in [0.717, 1.165) is 13.1 Å². The zero-order valence-corrected chi connectivity index (χ0v) is 16.2. The van der Waals surface area contributed by atoms with Crippen molar-refractivity contribution in [2.45, 2.75) is 19.8 Å². The van der Waals surface area contributed by atoms with Crippen LogP contribution in [-0.4, -0.2) is 29.0 Å². The van der Waals surface area contributed by atoms with Gasteiger partial charge < -0.3 is 15.5 Å². The van der Waals surface area contributed by atoms with Gasteiger partial charge in [0.15, 0.2) is 0 Å². The first-order chi connectivity index (χ1) is 14.1. The molecule has 2 N–H and O–H groups in total. The van der Waals surface area contributed by atoms with Gasteiger partial charge in [-0.15, -0.1) is 0 Å². The number of nitrogens with one attached hydrogen (secondary N) is 2. The maximum atomic E-state index is 13.4. The molecule has 0 radical (unpaired) electrons. The van der Waals surface area contributed by atoms with E-state index in [1.165, 1.54) is 30.7 Å². The molecule has 1 aliphatic rings. The van der Waals surface area contributed by atoms with Crippen LogP contribution in [0.25, 0.3) is 0 Å². The van der Waals surface area contributed by atoms with Crippen LogP contribution in [0.1, 0.15) is 29.0 Å². The molecule has 1 aliphatic heterocycles. The van der Waals surface area contributed by atoms with Crippen molar-refractivity contribution in [2.24, 2.45) is 0 Å². The molecule has 4 rings (SSSR count). The van der Waals surface area contributed by atoms with Crippen molar-refractivity contribution in [3.8, 4) is 0 Å². The Labute approximate surface area is 168 Å². The Morgan fingerprint density at radius 1 is 1.00 bits per heavy atom. The fraction of sp³-hybridized carbons (Fsp3) is 0.227. The van der Waals surface area contributed by atoms with Gasteiger partial charge in [-0.05, 0) is 68.3 Å². The lowest BCUT2D eigenvalue weighted by atomic mass is 10.2. The number of halogens is 1. The molecule has 1 saturated heterocycles. The minimum atomic E-state index is -0.363. The van der Waals surface area contributed by atoms with E-state index in [1.54, 1.807) is 25.1 Å². The molecule has 2 heterocycles. The number of aryl methyl sites for hydroxylation is 1. The minimum absolute atomic E-state index is 0.236. The smallest absolute Gasteiger partial charge is 0.274 e. The summed E-state index contributed by atoms with van der Waals surface area (Å²) in [6, 6.07) is 15.4. The van der Waals surface area contributed by atoms with Crippen LogP contribution < -0.4 is 15.5 Å². The van der Waals surface area contributed by atoms with Gasteiger partial charge in [0.05, 0.1) is 0 Å². The van der Waals surface area contributed by atoms with Crippen LogP contribution in [0.3, 0.4) is 0 Å². The summed E-state index contributed by atoms with van der Waals surface area (Å²) in [6.07, 6.45) is 2.44. The van der Waals surface area contributed by atoms with Gasteiger partial charge in [-0.2, -0.15) is 0 Å². The summed E-state index contributed by atoms with van der Waals surface area (Å²) in [5.74, 6) is -0.449. The highest BCUT2D eigenvalue weighted by atomic mass is 19.1. The second kappa shape index (κ2) is 8.26. The Bertz CT molecular complexity index is 1020. The highest BCUT2D eigenvalue weighted by Crippen LogP contribution is 2.22. The molecule has 0 spiro atoms. The Balaban J connectivity index is 1.47. The molecule has 29 heavy (non-hydrogen) atoms. The van der Waals surface area contributed by atoms with E-state index in [0.29, 0.717) is 17.1 Å². The monoisotopic (exact) mass is 391 g/mol. The van der Waals surface area contributed by atoms with Crippen molar-refractivity contribution < 1.29 is 9.18 Å².